The van der Waals surface area contributed by atoms with E-state index < -0.39 is 22.1 Å². The number of rotatable bonds is 4. The fraction of sp³-hybridized carbons (Fsp3) is 0.636. The van der Waals surface area contributed by atoms with Gasteiger partial charge in [0.15, 0.2) is 8.68 Å². The summed E-state index contributed by atoms with van der Waals surface area (Å²) in [7, 11) is -2.39. The monoisotopic (exact) mass is 354 g/mol. The van der Waals surface area contributed by atoms with Gasteiger partial charge in [0.1, 0.15) is 0 Å². The quantitative estimate of drug-likeness (QED) is 0.751. The molecule has 1 unspecified atom stereocenters. The van der Waals surface area contributed by atoms with E-state index in [4.69, 9.17) is 16.3 Å². The SMILES string of the molecule is COC(=O)CC1CN(S(=O)(=O)c2sc(Cl)nc2C)CCO1. The Balaban J connectivity index is 2.16. The summed E-state index contributed by atoms with van der Waals surface area (Å²) in [5, 5.41) is 0. The average Bonchev–Trinajstić information content (AvgIpc) is 2.78. The fourth-order valence-electron chi connectivity index (χ4n) is 2.01. The highest BCUT2D eigenvalue weighted by Crippen LogP contribution is 2.30. The van der Waals surface area contributed by atoms with Crippen LogP contribution in [0, 0.1) is 6.92 Å². The van der Waals surface area contributed by atoms with Gasteiger partial charge in [0, 0.05) is 13.1 Å². The third kappa shape index (κ3) is 3.72. The Hall–Kier alpha value is -0.740. The third-order valence-corrected chi connectivity index (χ3v) is 6.74. The average molecular weight is 355 g/mol. The van der Waals surface area contributed by atoms with Gasteiger partial charge >= 0.3 is 5.97 Å². The zero-order valence-electron chi connectivity index (χ0n) is 11.5. The van der Waals surface area contributed by atoms with Crippen LogP contribution in [0.4, 0.5) is 0 Å². The largest absolute Gasteiger partial charge is 0.469 e. The first kappa shape index (κ1) is 16.6. The number of sulfonamides is 1. The molecule has 118 valence electrons. The van der Waals surface area contributed by atoms with Crippen molar-refractivity contribution in [2.75, 3.05) is 26.8 Å². The second-order valence-corrected chi connectivity index (χ2v) is 8.19. The number of aryl methyl sites for hydroxylation is 1. The number of nitrogens with zero attached hydrogens (tertiary/aromatic N) is 2. The first-order chi connectivity index (χ1) is 9.84. The number of morpholine rings is 1. The molecule has 1 aliphatic heterocycles. The van der Waals surface area contributed by atoms with Crippen LogP contribution >= 0.6 is 22.9 Å². The van der Waals surface area contributed by atoms with Crippen molar-refractivity contribution in [2.45, 2.75) is 23.7 Å². The number of halogens is 1. The van der Waals surface area contributed by atoms with Crippen LogP contribution in [0.5, 0.6) is 0 Å². The summed E-state index contributed by atoms with van der Waals surface area (Å²) in [6, 6.07) is 0. The highest BCUT2D eigenvalue weighted by Gasteiger charge is 2.34. The Labute approximate surface area is 131 Å². The van der Waals surface area contributed by atoms with Gasteiger partial charge in [-0.1, -0.05) is 22.9 Å². The second kappa shape index (κ2) is 6.57. The molecule has 1 saturated heterocycles. The Bertz CT molecular complexity index is 631. The van der Waals surface area contributed by atoms with Crippen LogP contribution in [-0.4, -0.2) is 56.6 Å². The van der Waals surface area contributed by atoms with Gasteiger partial charge in [-0.15, -0.1) is 0 Å². The molecule has 2 rings (SSSR count). The van der Waals surface area contributed by atoms with Gasteiger partial charge in [-0.2, -0.15) is 4.31 Å². The van der Waals surface area contributed by atoms with E-state index >= 15 is 0 Å². The Morgan fingerprint density at radius 1 is 1.62 bits per heavy atom. The molecule has 0 amide bonds. The molecule has 1 fully saturated rings. The molecule has 0 aromatic carbocycles. The van der Waals surface area contributed by atoms with Crippen molar-refractivity contribution in [1.82, 2.24) is 9.29 Å². The summed E-state index contributed by atoms with van der Waals surface area (Å²) < 4.78 is 36.8. The summed E-state index contributed by atoms with van der Waals surface area (Å²) in [6.45, 7) is 2.16. The van der Waals surface area contributed by atoms with Crippen LogP contribution in [-0.2, 0) is 24.3 Å². The molecule has 0 saturated carbocycles. The number of aromatic nitrogens is 1. The molecule has 0 bridgehead atoms. The van der Waals surface area contributed by atoms with E-state index in [1.165, 1.54) is 11.4 Å². The summed E-state index contributed by atoms with van der Waals surface area (Å²) in [6.07, 6.45) is -0.491. The van der Waals surface area contributed by atoms with Crippen molar-refractivity contribution in [3.63, 3.8) is 0 Å². The van der Waals surface area contributed by atoms with Crippen LogP contribution in [0.15, 0.2) is 4.21 Å². The second-order valence-electron chi connectivity index (χ2n) is 4.48. The highest BCUT2D eigenvalue weighted by molar-refractivity contribution is 7.91. The zero-order chi connectivity index (χ0) is 15.6. The number of esters is 1. The van der Waals surface area contributed by atoms with E-state index in [0.29, 0.717) is 5.69 Å². The minimum Gasteiger partial charge on any atom is -0.469 e. The lowest BCUT2D eigenvalue weighted by atomic mass is 10.2. The molecule has 1 aromatic heterocycles. The van der Waals surface area contributed by atoms with Crippen molar-refractivity contribution in [3.05, 3.63) is 10.2 Å². The molecule has 1 aromatic rings. The first-order valence-electron chi connectivity index (χ1n) is 6.16. The lowest BCUT2D eigenvalue weighted by Crippen LogP contribution is -2.46. The normalized spacial score (nSPS) is 20.4. The number of thiazole rings is 1. The molecule has 0 aliphatic carbocycles. The van der Waals surface area contributed by atoms with Gasteiger partial charge in [-0.3, -0.25) is 4.79 Å². The van der Waals surface area contributed by atoms with Crippen LogP contribution in [0.2, 0.25) is 4.47 Å². The van der Waals surface area contributed by atoms with Crippen molar-refractivity contribution in [3.8, 4) is 0 Å². The van der Waals surface area contributed by atoms with Gasteiger partial charge in [-0.05, 0) is 6.92 Å². The van der Waals surface area contributed by atoms with E-state index in [2.05, 4.69) is 9.72 Å². The van der Waals surface area contributed by atoms with Crippen molar-refractivity contribution >= 4 is 38.9 Å². The Morgan fingerprint density at radius 3 is 2.90 bits per heavy atom. The van der Waals surface area contributed by atoms with Crippen LogP contribution < -0.4 is 0 Å². The topological polar surface area (TPSA) is 85.8 Å². The van der Waals surface area contributed by atoms with Crippen molar-refractivity contribution in [1.29, 1.82) is 0 Å². The van der Waals surface area contributed by atoms with E-state index in [9.17, 15) is 13.2 Å². The number of ether oxygens (including phenoxy) is 2. The smallest absolute Gasteiger partial charge is 0.308 e. The van der Waals surface area contributed by atoms with E-state index in [1.54, 1.807) is 6.92 Å². The van der Waals surface area contributed by atoms with Crippen molar-refractivity contribution < 1.29 is 22.7 Å². The highest BCUT2D eigenvalue weighted by atomic mass is 35.5. The van der Waals surface area contributed by atoms with Crippen LogP contribution in [0.1, 0.15) is 12.1 Å². The minimum atomic E-state index is -3.67. The maximum atomic E-state index is 12.6. The molecule has 1 atom stereocenters. The summed E-state index contributed by atoms with van der Waals surface area (Å²) in [5.74, 6) is -0.434. The van der Waals surface area contributed by atoms with E-state index in [-0.39, 0.29) is 34.8 Å². The van der Waals surface area contributed by atoms with E-state index in [0.717, 1.165) is 11.3 Å². The van der Waals surface area contributed by atoms with Gasteiger partial charge in [0.2, 0.25) is 0 Å². The summed E-state index contributed by atoms with van der Waals surface area (Å²) >= 11 is 6.69. The molecule has 2 heterocycles. The molecular formula is C11H15ClN2O5S2. The summed E-state index contributed by atoms with van der Waals surface area (Å²) in [4.78, 5) is 15.2. The molecule has 0 N–H and O–H groups in total. The van der Waals surface area contributed by atoms with Gasteiger partial charge in [-0.25, -0.2) is 13.4 Å². The zero-order valence-corrected chi connectivity index (χ0v) is 13.9. The van der Waals surface area contributed by atoms with Gasteiger partial charge < -0.3 is 9.47 Å². The van der Waals surface area contributed by atoms with Gasteiger partial charge in [0.25, 0.3) is 10.0 Å². The lowest BCUT2D eigenvalue weighted by molar-refractivity contribution is -0.145. The van der Waals surface area contributed by atoms with Gasteiger partial charge in [0.05, 0.1) is 31.9 Å². The summed E-state index contributed by atoms with van der Waals surface area (Å²) in [5.41, 5.74) is 0.376. The first-order valence-corrected chi connectivity index (χ1v) is 8.79. The lowest BCUT2D eigenvalue weighted by Gasteiger charge is -2.31. The maximum absolute atomic E-state index is 12.6. The fourth-order valence-corrected chi connectivity index (χ4v) is 5.34. The standard InChI is InChI=1S/C11H15ClN2O5S2/c1-7-10(20-11(12)13-7)21(16,17)14-3-4-19-8(6-14)5-9(15)18-2/h8H,3-6H2,1-2H3. The molecule has 1 aliphatic rings. The number of hydrogen-bond donors (Lipinski definition) is 0. The predicted octanol–water partition coefficient (Wildman–Crippen LogP) is 1.06. The molecule has 10 heteroatoms. The number of carbonyl (C=O) groups is 1. The van der Waals surface area contributed by atoms with E-state index in [1.807, 2.05) is 0 Å². The predicted molar refractivity (Wildman–Crippen MR) is 77.0 cm³/mol. The molecule has 0 radical (unpaired) electrons. The molecule has 7 nitrogen and oxygen atoms in total. The number of carbonyl (C=O) groups excluding carboxylic acids is 1. The Morgan fingerprint density at radius 2 is 2.33 bits per heavy atom. The number of hydrogen-bond acceptors (Lipinski definition) is 7. The third-order valence-electron chi connectivity index (χ3n) is 3.03. The maximum Gasteiger partial charge on any atom is 0.308 e. The Kier molecular flexibility index (Phi) is 5.20. The van der Waals surface area contributed by atoms with Crippen LogP contribution in [0.3, 0.4) is 0 Å². The van der Waals surface area contributed by atoms with Crippen molar-refractivity contribution in [2.24, 2.45) is 0 Å². The molecule has 0 spiro atoms. The number of methoxy groups -OCH3 is 1. The van der Waals surface area contributed by atoms with Crippen LogP contribution in [0.25, 0.3) is 0 Å². The molecule has 21 heavy (non-hydrogen) atoms. The minimum absolute atomic E-state index is 0.0188. The molecular weight excluding hydrogens is 340 g/mol.